The molecule has 0 aliphatic heterocycles. The average Bonchev–Trinajstić information content (AvgIpc) is 2.33. The van der Waals surface area contributed by atoms with Crippen LogP contribution >= 0.6 is 23.8 Å². The molecule has 2 nitrogen and oxygen atoms in total. The summed E-state index contributed by atoms with van der Waals surface area (Å²) in [5.74, 6) is 0.433. The number of rotatable bonds is 3. The minimum absolute atomic E-state index is 0.133. The monoisotopic (exact) mass is 295 g/mol. The third-order valence-electron chi connectivity index (χ3n) is 2.59. The van der Waals surface area contributed by atoms with Gasteiger partial charge in [0.2, 0.25) is 0 Å². The zero-order valence-electron chi connectivity index (χ0n) is 10.1. The van der Waals surface area contributed by atoms with E-state index in [0.717, 1.165) is 0 Å². The van der Waals surface area contributed by atoms with Gasteiger partial charge in [0.1, 0.15) is 22.3 Å². The number of hydrogen-bond acceptors (Lipinski definition) is 2. The fourth-order valence-electron chi connectivity index (χ4n) is 1.59. The van der Waals surface area contributed by atoms with Gasteiger partial charge in [-0.1, -0.05) is 36.0 Å². The predicted octanol–water partition coefficient (Wildman–Crippen LogP) is 4.21. The third kappa shape index (κ3) is 3.03. The van der Waals surface area contributed by atoms with Crippen LogP contribution < -0.4 is 10.5 Å². The van der Waals surface area contributed by atoms with Gasteiger partial charge in [-0.25, -0.2) is 4.39 Å². The molecule has 2 rings (SSSR count). The molecule has 0 saturated carbocycles. The van der Waals surface area contributed by atoms with Crippen LogP contribution in [0.15, 0.2) is 36.4 Å². The Balaban J connectivity index is 2.40. The van der Waals surface area contributed by atoms with Gasteiger partial charge in [-0.05, 0) is 30.7 Å². The third-order valence-corrected chi connectivity index (χ3v) is 3.11. The predicted molar refractivity (Wildman–Crippen MR) is 78.6 cm³/mol. The quantitative estimate of drug-likeness (QED) is 0.861. The summed E-state index contributed by atoms with van der Waals surface area (Å²) >= 11 is 11.0. The second kappa shape index (κ2) is 5.55. The molecule has 5 heteroatoms. The van der Waals surface area contributed by atoms with Gasteiger partial charge in [0.15, 0.2) is 0 Å². The van der Waals surface area contributed by atoms with Gasteiger partial charge in [0, 0.05) is 6.07 Å². The second-order valence-corrected chi connectivity index (χ2v) is 4.84. The molecular weight excluding hydrogens is 285 g/mol. The molecule has 0 heterocycles. The minimum Gasteiger partial charge on any atom is -0.456 e. The molecule has 0 aliphatic rings. The number of hydrogen-bond donors (Lipinski definition) is 1. The van der Waals surface area contributed by atoms with Crippen LogP contribution in [0.25, 0.3) is 0 Å². The van der Waals surface area contributed by atoms with Gasteiger partial charge < -0.3 is 10.5 Å². The Hall–Kier alpha value is -1.65. The van der Waals surface area contributed by atoms with E-state index < -0.39 is 0 Å². The average molecular weight is 296 g/mol. The summed E-state index contributed by atoms with van der Waals surface area (Å²) in [5.41, 5.74) is 6.61. The molecule has 2 aromatic carbocycles. The van der Waals surface area contributed by atoms with Gasteiger partial charge in [-0.2, -0.15) is 0 Å². The highest BCUT2D eigenvalue weighted by Gasteiger charge is 2.12. The lowest BCUT2D eigenvalue weighted by molar-refractivity contribution is 0.475. The Morgan fingerprint density at radius 3 is 2.68 bits per heavy atom. The molecule has 0 aliphatic carbocycles. The van der Waals surface area contributed by atoms with Gasteiger partial charge in [0.05, 0.1) is 10.6 Å². The fraction of sp³-hybridized carbons (Fsp3) is 0.0714. The van der Waals surface area contributed by atoms with E-state index in [9.17, 15) is 4.39 Å². The Morgan fingerprint density at radius 1 is 1.32 bits per heavy atom. The fourth-order valence-corrected chi connectivity index (χ4v) is 2.13. The van der Waals surface area contributed by atoms with E-state index in [1.165, 1.54) is 6.07 Å². The molecule has 2 aromatic rings. The molecule has 19 heavy (non-hydrogen) atoms. The lowest BCUT2D eigenvalue weighted by atomic mass is 10.2. The maximum absolute atomic E-state index is 13.5. The summed E-state index contributed by atoms with van der Waals surface area (Å²) in [4.78, 5) is 0.133. The highest BCUT2D eigenvalue weighted by Crippen LogP contribution is 2.30. The Bertz CT molecular complexity index is 645. The zero-order chi connectivity index (χ0) is 14.0. The first kappa shape index (κ1) is 13.8. The Morgan fingerprint density at radius 2 is 2.05 bits per heavy atom. The van der Waals surface area contributed by atoms with Crippen molar-refractivity contribution in [1.29, 1.82) is 0 Å². The lowest BCUT2D eigenvalue weighted by Crippen LogP contribution is -2.11. The highest BCUT2D eigenvalue weighted by atomic mass is 35.5. The maximum Gasteiger partial charge on any atom is 0.139 e. The first-order valence-corrected chi connectivity index (χ1v) is 6.30. The van der Waals surface area contributed by atoms with E-state index in [1.807, 2.05) is 0 Å². The smallest absolute Gasteiger partial charge is 0.139 e. The highest BCUT2D eigenvalue weighted by molar-refractivity contribution is 7.80. The normalized spacial score (nSPS) is 10.3. The Labute approximate surface area is 120 Å². The summed E-state index contributed by atoms with van der Waals surface area (Å²) in [6, 6.07) is 9.67. The van der Waals surface area contributed by atoms with Crippen molar-refractivity contribution in [3.8, 4) is 11.5 Å². The van der Waals surface area contributed by atoms with E-state index >= 15 is 0 Å². The summed E-state index contributed by atoms with van der Waals surface area (Å²) in [6.07, 6.45) is 0. The number of halogens is 2. The molecule has 0 aromatic heterocycles. The Kier molecular flexibility index (Phi) is 4.02. The summed E-state index contributed by atoms with van der Waals surface area (Å²) in [6.45, 7) is 1.68. The molecule has 0 amide bonds. The lowest BCUT2D eigenvalue weighted by Gasteiger charge is -2.12. The second-order valence-electron chi connectivity index (χ2n) is 3.99. The summed E-state index contributed by atoms with van der Waals surface area (Å²) in [5, 5.41) is 0.401. The van der Waals surface area contributed by atoms with Crippen molar-refractivity contribution in [2.75, 3.05) is 0 Å². The largest absolute Gasteiger partial charge is 0.456 e. The van der Waals surface area contributed by atoms with Gasteiger partial charge >= 0.3 is 0 Å². The maximum atomic E-state index is 13.5. The number of ether oxygens (including phenoxy) is 1. The van der Waals surface area contributed by atoms with Crippen molar-refractivity contribution >= 4 is 28.8 Å². The van der Waals surface area contributed by atoms with E-state index in [-0.39, 0.29) is 10.8 Å². The molecule has 98 valence electrons. The van der Waals surface area contributed by atoms with Crippen LogP contribution in [0.5, 0.6) is 11.5 Å². The van der Waals surface area contributed by atoms with Crippen molar-refractivity contribution in [3.63, 3.8) is 0 Å². The zero-order valence-corrected chi connectivity index (χ0v) is 11.7. The standard InChI is InChI=1S/C14H11ClFNOS/c1-8-5-6-9(7-11(8)16)18-12-4-2-3-10(15)13(12)14(17)19/h2-7H,1H3,(H2,17,19). The summed E-state index contributed by atoms with van der Waals surface area (Å²) < 4.78 is 19.1. The van der Waals surface area contributed by atoms with Crippen molar-refractivity contribution in [3.05, 3.63) is 58.4 Å². The van der Waals surface area contributed by atoms with Crippen LogP contribution in [0.2, 0.25) is 5.02 Å². The van der Waals surface area contributed by atoms with E-state index in [2.05, 4.69) is 0 Å². The van der Waals surface area contributed by atoms with E-state index in [0.29, 0.717) is 27.6 Å². The molecule has 0 spiro atoms. The van der Waals surface area contributed by atoms with Crippen LogP contribution in [-0.2, 0) is 0 Å². The molecular formula is C14H11ClFNOS. The molecule has 0 unspecified atom stereocenters. The topological polar surface area (TPSA) is 35.2 Å². The van der Waals surface area contributed by atoms with Crippen LogP contribution in [0.1, 0.15) is 11.1 Å². The number of benzene rings is 2. The molecule has 0 saturated heterocycles. The van der Waals surface area contributed by atoms with Gasteiger partial charge in [-0.15, -0.1) is 0 Å². The molecule has 0 radical (unpaired) electrons. The van der Waals surface area contributed by atoms with Crippen LogP contribution in [0.4, 0.5) is 4.39 Å². The molecule has 0 bridgehead atoms. The first-order valence-electron chi connectivity index (χ1n) is 5.51. The SMILES string of the molecule is Cc1ccc(Oc2cccc(Cl)c2C(N)=S)cc1F. The van der Waals surface area contributed by atoms with Crippen molar-refractivity contribution in [2.45, 2.75) is 6.92 Å². The van der Waals surface area contributed by atoms with Crippen LogP contribution in [0, 0.1) is 12.7 Å². The summed E-state index contributed by atoms with van der Waals surface area (Å²) in [7, 11) is 0. The van der Waals surface area contributed by atoms with Gasteiger partial charge in [0.25, 0.3) is 0 Å². The molecule has 0 atom stereocenters. The van der Waals surface area contributed by atoms with Crippen LogP contribution in [0.3, 0.4) is 0 Å². The van der Waals surface area contributed by atoms with Crippen molar-refractivity contribution < 1.29 is 9.13 Å². The van der Waals surface area contributed by atoms with Crippen LogP contribution in [-0.4, -0.2) is 4.99 Å². The number of nitrogens with two attached hydrogens (primary N) is 1. The van der Waals surface area contributed by atoms with E-state index in [4.69, 9.17) is 34.3 Å². The van der Waals surface area contributed by atoms with E-state index in [1.54, 1.807) is 37.3 Å². The van der Waals surface area contributed by atoms with Crippen molar-refractivity contribution in [1.82, 2.24) is 0 Å². The minimum atomic E-state index is -0.337. The molecule has 0 fully saturated rings. The van der Waals surface area contributed by atoms with Crippen molar-refractivity contribution in [2.24, 2.45) is 5.73 Å². The molecule has 2 N–H and O–H groups in total. The number of thiocarbonyl (C=S) groups is 1. The first-order chi connectivity index (χ1) is 8.99. The number of aryl methyl sites for hydroxylation is 1. The van der Waals surface area contributed by atoms with Gasteiger partial charge in [-0.3, -0.25) is 0 Å².